The number of amides is 1. The Morgan fingerprint density at radius 1 is 1.07 bits per heavy atom. The highest BCUT2D eigenvalue weighted by Gasteiger charge is 2.22. The Bertz CT molecular complexity index is 868. The summed E-state index contributed by atoms with van der Waals surface area (Å²) in [7, 11) is 0. The van der Waals surface area contributed by atoms with E-state index in [-0.39, 0.29) is 30.9 Å². The molecule has 0 aliphatic heterocycles. The summed E-state index contributed by atoms with van der Waals surface area (Å²) in [5.74, 6) is -1.95. The van der Waals surface area contributed by atoms with Crippen molar-refractivity contribution in [1.82, 2.24) is 5.32 Å². The molecular weight excluding hydrogens is 384 g/mol. The quantitative estimate of drug-likeness (QED) is 0.370. The van der Waals surface area contributed by atoms with E-state index in [0.717, 1.165) is 17.7 Å². The Labute approximate surface area is 165 Å². The van der Waals surface area contributed by atoms with Gasteiger partial charge in [0.15, 0.2) is 0 Å². The molecule has 0 fully saturated rings. The molecule has 0 radical (unpaired) electrons. The number of rotatable bonds is 9. The van der Waals surface area contributed by atoms with Gasteiger partial charge in [-0.1, -0.05) is 30.3 Å². The van der Waals surface area contributed by atoms with Gasteiger partial charge in [-0.3, -0.25) is 14.9 Å². The lowest BCUT2D eigenvalue weighted by atomic mass is 10.1. The molecule has 2 aromatic carbocycles. The fourth-order valence-corrected chi connectivity index (χ4v) is 2.24. The Morgan fingerprint density at radius 3 is 2.31 bits per heavy atom. The molecule has 0 unspecified atom stereocenters. The van der Waals surface area contributed by atoms with Gasteiger partial charge in [0, 0.05) is 18.6 Å². The van der Waals surface area contributed by atoms with Gasteiger partial charge in [-0.15, -0.1) is 0 Å². The predicted molar refractivity (Wildman–Crippen MR) is 99.2 cm³/mol. The number of nitro groups is 1. The zero-order chi connectivity index (χ0) is 21.2. The Balaban J connectivity index is 1.80. The van der Waals surface area contributed by atoms with E-state index >= 15 is 0 Å². The number of non-ortho nitro benzene ring substituents is 1. The fraction of sp³-hybridized carbons (Fsp3) is 0.211. The number of ether oxygens (including phenoxy) is 2. The highest BCUT2D eigenvalue weighted by molar-refractivity contribution is 5.81. The van der Waals surface area contributed by atoms with Crippen LogP contribution in [0.1, 0.15) is 18.4 Å². The van der Waals surface area contributed by atoms with Gasteiger partial charge >= 0.3 is 18.0 Å². The van der Waals surface area contributed by atoms with E-state index < -0.39 is 29.0 Å². The number of aliphatic carboxylic acids is 1. The van der Waals surface area contributed by atoms with Crippen molar-refractivity contribution in [2.75, 3.05) is 0 Å². The molecule has 2 aromatic rings. The lowest BCUT2D eigenvalue weighted by Gasteiger charge is -2.14. The van der Waals surface area contributed by atoms with Gasteiger partial charge in [0.05, 0.1) is 4.92 Å². The highest BCUT2D eigenvalue weighted by atomic mass is 16.6. The van der Waals surface area contributed by atoms with E-state index in [0.29, 0.717) is 0 Å². The number of carboxylic acid groups (broad SMARTS) is 1. The summed E-state index contributed by atoms with van der Waals surface area (Å²) in [4.78, 5) is 44.9. The molecule has 0 aliphatic rings. The average molecular weight is 402 g/mol. The summed E-state index contributed by atoms with van der Waals surface area (Å²) in [6, 6.07) is 12.3. The van der Waals surface area contributed by atoms with Crippen LogP contribution in [0, 0.1) is 10.1 Å². The van der Waals surface area contributed by atoms with Gasteiger partial charge in [0.1, 0.15) is 18.4 Å². The maximum absolute atomic E-state index is 11.9. The average Bonchev–Trinajstić information content (AvgIpc) is 2.70. The molecule has 0 bridgehead atoms. The first-order valence-corrected chi connectivity index (χ1v) is 8.50. The topological polar surface area (TPSA) is 145 Å². The van der Waals surface area contributed by atoms with Gasteiger partial charge in [-0.05, 0) is 24.1 Å². The molecule has 0 aromatic heterocycles. The molecule has 1 amide bonds. The molecule has 0 spiro atoms. The Hall–Kier alpha value is -3.95. The first kappa shape index (κ1) is 21.4. The zero-order valence-corrected chi connectivity index (χ0v) is 15.1. The summed E-state index contributed by atoms with van der Waals surface area (Å²) in [6.45, 7) is 0.0625. The van der Waals surface area contributed by atoms with Crippen molar-refractivity contribution in [3.8, 4) is 5.75 Å². The van der Waals surface area contributed by atoms with E-state index in [4.69, 9.17) is 9.47 Å². The van der Waals surface area contributed by atoms with Gasteiger partial charge in [-0.25, -0.2) is 9.59 Å². The third-order valence-corrected chi connectivity index (χ3v) is 3.73. The molecule has 29 heavy (non-hydrogen) atoms. The van der Waals surface area contributed by atoms with Crippen molar-refractivity contribution in [1.29, 1.82) is 0 Å². The van der Waals surface area contributed by atoms with Crippen molar-refractivity contribution in [2.45, 2.75) is 25.5 Å². The van der Waals surface area contributed by atoms with Crippen LogP contribution in [0.5, 0.6) is 5.75 Å². The molecule has 0 saturated heterocycles. The molecular formula is C19H18N2O8. The molecule has 1 atom stereocenters. The second kappa shape index (κ2) is 10.4. The molecule has 0 aliphatic carbocycles. The van der Waals surface area contributed by atoms with E-state index in [2.05, 4.69) is 5.32 Å². The minimum absolute atomic E-state index is 0.000454. The van der Waals surface area contributed by atoms with E-state index in [1.165, 1.54) is 12.1 Å². The van der Waals surface area contributed by atoms with Crippen molar-refractivity contribution in [3.63, 3.8) is 0 Å². The van der Waals surface area contributed by atoms with Gasteiger partial charge in [0.2, 0.25) is 0 Å². The van der Waals surface area contributed by atoms with Crippen LogP contribution in [0.25, 0.3) is 0 Å². The minimum atomic E-state index is -1.37. The van der Waals surface area contributed by atoms with Gasteiger partial charge < -0.3 is 19.9 Å². The molecule has 152 valence electrons. The SMILES string of the molecule is O=C(CC[C@H](NC(=O)Oc1ccc([N+](=O)[O-])cc1)C(=O)O)OCc1ccccc1. The van der Waals surface area contributed by atoms with Crippen LogP contribution < -0.4 is 10.1 Å². The molecule has 10 nitrogen and oxygen atoms in total. The van der Waals surface area contributed by atoms with Crippen LogP contribution in [0.3, 0.4) is 0 Å². The third-order valence-electron chi connectivity index (χ3n) is 3.73. The normalized spacial score (nSPS) is 11.2. The third kappa shape index (κ3) is 7.29. The molecule has 10 heteroatoms. The number of carboxylic acids is 1. The van der Waals surface area contributed by atoms with E-state index in [1.807, 2.05) is 6.07 Å². The fourth-order valence-electron chi connectivity index (χ4n) is 2.24. The standard InChI is InChI=1S/C19H18N2O8/c22-17(28-12-13-4-2-1-3-5-13)11-10-16(18(23)24)20-19(25)29-15-8-6-14(7-9-15)21(26)27/h1-9,16H,10-12H2,(H,20,25)(H,23,24)/t16-/m0/s1. The zero-order valence-electron chi connectivity index (χ0n) is 15.1. The maximum atomic E-state index is 11.9. The van der Waals surface area contributed by atoms with Gasteiger partial charge in [0.25, 0.3) is 5.69 Å². The molecule has 0 saturated carbocycles. The first-order chi connectivity index (χ1) is 13.8. The molecule has 2 rings (SSSR count). The van der Waals surface area contributed by atoms with Crippen LogP contribution in [0.15, 0.2) is 54.6 Å². The van der Waals surface area contributed by atoms with E-state index in [9.17, 15) is 29.6 Å². The number of benzene rings is 2. The number of hydrogen-bond donors (Lipinski definition) is 2. The number of esters is 1. The van der Waals surface area contributed by atoms with Gasteiger partial charge in [-0.2, -0.15) is 0 Å². The van der Waals surface area contributed by atoms with Crippen LogP contribution in [-0.2, 0) is 20.9 Å². The van der Waals surface area contributed by atoms with Crippen LogP contribution in [-0.4, -0.2) is 34.1 Å². The van der Waals surface area contributed by atoms with E-state index in [1.54, 1.807) is 24.3 Å². The van der Waals surface area contributed by atoms with Crippen LogP contribution in [0.4, 0.5) is 10.5 Å². The van der Waals surface area contributed by atoms with Crippen molar-refractivity contribution in [2.24, 2.45) is 0 Å². The summed E-state index contributed by atoms with van der Waals surface area (Å²) >= 11 is 0. The van der Waals surface area contributed by atoms with Crippen LogP contribution in [0.2, 0.25) is 0 Å². The number of hydrogen-bond acceptors (Lipinski definition) is 7. The molecule has 0 heterocycles. The Kier molecular flexibility index (Phi) is 7.66. The smallest absolute Gasteiger partial charge is 0.413 e. The summed E-state index contributed by atoms with van der Waals surface area (Å²) < 4.78 is 9.95. The Morgan fingerprint density at radius 2 is 1.72 bits per heavy atom. The number of nitro benzene ring substituents is 1. The summed E-state index contributed by atoms with van der Waals surface area (Å²) in [5, 5.41) is 21.9. The highest BCUT2D eigenvalue weighted by Crippen LogP contribution is 2.17. The number of nitrogens with zero attached hydrogens (tertiary/aromatic N) is 1. The predicted octanol–water partition coefficient (Wildman–Crippen LogP) is 2.66. The lowest BCUT2D eigenvalue weighted by molar-refractivity contribution is -0.384. The second-order valence-electron chi connectivity index (χ2n) is 5.86. The monoisotopic (exact) mass is 402 g/mol. The van der Waals surface area contributed by atoms with Crippen LogP contribution >= 0.6 is 0 Å². The minimum Gasteiger partial charge on any atom is -0.480 e. The van der Waals surface area contributed by atoms with Crippen molar-refractivity contribution < 1.29 is 33.9 Å². The summed E-state index contributed by atoms with van der Waals surface area (Å²) in [5.41, 5.74) is 0.607. The number of carbonyl (C=O) groups excluding carboxylic acids is 2. The maximum Gasteiger partial charge on any atom is 0.413 e. The number of carbonyl (C=O) groups is 3. The largest absolute Gasteiger partial charge is 0.480 e. The summed E-state index contributed by atoms with van der Waals surface area (Å²) in [6.07, 6.45) is -1.48. The lowest BCUT2D eigenvalue weighted by Crippen LogP contribution is -2.42. The molecule has 2 N–H and O–H groups in total. The first-order valence-electron chi connectivity index (χ1n) is 8.50. The second-order valence-corrected chi connectivity index (χ2v) is 5.86. The van der Waals surface area contributed by atoms with Crippen molar-refractivity contribution >= 4 is 23.7 Å². The van der Waals surface area contributed by atoms with Crippen molar-refractivity contribution in [3.05, 3.63) is 70.3 Å². The number of nitrogens with one attached hydrogen (secondary N) is 1.